The van der Waals surface area contributed by atoms with Crippen LogP contribution in [-0.2, 0) is 11.3 Å². The molecule has 0 radical (unpaired) electrons. The van der Waals surface area contributed by atoms with Gasteiger partial charge >= 0.3 is 0 Å². The van der Waals surface area contributed by atoms with Crippen LogP contribution in [0.2, 0.25) is 0 Å². The van der Waals surface area contributed by atoms with E-state index in [-0.39, 0.29) is 5.92 Å². The Hall–Kier alpha value is -2.09. The van der Waals surface area contributed by atoms with Gasteiger partial charge in [-0.2, -0.15) is 0 Å². The third-order valence-electron chi connectivity index (χ3n) is 4.59. The molecular formula is C20H23NO. The number of Topliss-reactive ketones (excluding diaryl/α,β-unsaturated/α-hetero) is 1. The molecule has 0 saturated carbocycles. The number of rotatable bonds is 6. The van der Waals surface area contributed by atoms with Crippen LogP contribution in [0.15, 0.2) is 48.5 Å². The fraction of sp³-hybridized carbons (Fsp3) is 0.350. The summed E-state index contributed by atoms with van der Waals surface area (Å²) in [5.41, 5.74) is 2.53. The average Bonchev–Trinajstić information content (AvgIpc) is 2.85. The smallest absolute Gasteiger partial charge is 0.132 e. The van der Waals surface area contributed by atoms with Crippen molar-refractivity contribution < 1.29 is 4.79 Å². The summed E-state index contributed by atoms with van der Waals surface area (Å²) in [5.74, 6) is 0.507. The predicted octanol–water partition coefficient (Wildman–Crippen LogP) is 5.19. The maximum absolute atomic E-state index is 11.8. The Labute approximate surface area is 131 Å². The molecule has 0 spiro atoms. The van der Waals surface area contributed by atoms with Crippen LogP contribution in [0.1, 0.15) is 33.1 Å². The lowest BCUT2D eigenvalue weighted by Crippen LogP contribution is -2.13. The van der Waals surface area contributed by atoms with Crippen molar-refractivity contribution in [3.63, 3.8) is 0 Å². The van der Waals surface area contributed by atoms with Crippen LogP contribution < -0.4 is 0 Å². The number of hydrogen-bond acceptors (Lipinski definition) is 1. The number of benzene rings is 2. The van der Waals surface area contributed by atoms with Gasteiger partial charge in [-0.25, -0.2) is 0 Å². The zero-order valence-electron chi connectivity index (χ0n) is 13.4. The number of aryl methyl sites for hydroxylation is 1. The van der Waals surface area contributed by atoms with Gasteiger partial charge in [-0.05, 0) is 31.9 Å². The summed E-state index contributed by atoms with van der Waals surface area (Å²) in [6.07, 6.45) is 2.98. The quantitative estimate of drug-likeness (QED) is 0.613. The largest absolute Gasteiger partial charge is 0.340 e. The first-order valence-electron chi connectivity index (χ1n) is 8.18. The molecule has 0 aliphatic rings. The summed E-state index contributed by atoms with van der Waals surface area (Å²) >= 11 is 0. The number of aromatic nitrogens is 1. The van der Waals surface area contributed by atoms with Crippen molar-refractivity contribution >= 4 is 27.6 Å². The molecule has 0 amide bonds. The van der Waals surface area contributed by atoms with E-state index < -0.39 is 0 Å². The highest BCUT2D eigenvalue weighted by molar-refractivity contribution is 6.07. The van der Waals surface area contributed by atoms with Crippen molar-refractivity contribution in [2.45, 2.75) is 39.7 Å². The molecule has 1 atom stereocenters. The van der Waals surface area contributed by atoms with Gasteiger partial charge in [0.2, 0.25) is 0 Å². The molecule has 2 heteroatoms. The SMILES string of the molecule is CCCC(CCn1c2ccccc2c2ccccc21)C(C)=O. The van der Waals surface area contributed by atoms with E-state index in [1.807, 2.05) is 0 Å². The molecule has 3 aromatic rings. The molecular weight excluding hydrogens is 270 g/mol. The summed E-state index contributed by atoms with van der Waals surface area (Å²) < 4.78 is 2.37. The second-order valence-corrected chi connectivity index (χ2v) is 6.07. The molecule has 1 heterocycles. The molecule has 0 aliphatic carbocycles. The predicted molar refractivity (Wildman–Crippen MR) is 93.1 cm³/mol. The van der Waals surface area contributed by atoms with Crippen molar-refractivity contribution in [3.05, 3.63) is 48.5 Å². The number of nitrogens with zero attached hydrogens (tertiary/aromatic N) is 1. The topological polar surface area (TPSA) is 22.0 Å². The first kappa shape index (κ1) is 14.8. The minimum absolute atomic E-state index is 0.185. The molecule has 2 nitrogen and oxygen atoms in total. The number of ketones is 1. The minimum Gasteiger partial charge on any atom is -0.340 e. The van der Waals surface area contributed by atoms with Gasteiger partial charge in [-0.3, -0.25) is 4.79 Å². The lowest BCUT2D eigenvalue weighted by molar-refractivity contribution is -0.121. The number of carbonyl (C=O) groups excluding carboxylic acids is 1. The standard InChI is InChI=1S/C20H23NO/c1-3-8-16(15(2)22)13-14-21-19-11-6-4-9-17(19)18-10-5-7-12-20(18)21/h4-7,9-12,16H,3,8,13-14H2,1-2H3. The van der Waals surface area contributed by atoms with Crippen molar-refractivity contribution in [1.82, 2.24) is 4.57 Å². The molecule has 3 rings (SSSR count). The second-order valence-electron chi connectivity index (χ2n) is 6.07. The van der Waals surface area contributed by atoms with Gasteiger partial charge in [0.05, 0.1) is 0 Å². The van der Waals surface area contributed by atoms with E-state index >= 15 is 0 Å². The zero-order valence-corrected chi connectivity index (χ0v) is 13.4. The molecule has 0 fully saturated rings. The lowest BCUT2D eigenvalue weighted by atomic mass is 9.96. The highest BCUT2D eigenvalue weighted by Gasteiger charge is 2.15. The highest BCUT2D eigenvalue weighted by atomic mass is 16.1. The summed E-state index contributed by atoms with van der Waals surface area (Å²) in [4.78, 5) is 11.8. The third-order valence-corrected chi connectivity index (χ3v) is 4.59. The fourth-order valence-corrected chi connectivity index (χ4v) is 3.43. The van der Waals surface area contributed by atoms with Gasteiger partial charge in [0.15, 0.2) is 0 Å². The fourth-order valence-electron chi connectivity index (χ4n) is 3.43. The lowest BCUT2D eigenvalue weighted by Gasteiger charge is -2.14. The van der Waals surface area contributed by atoms with Crippen LogP contribution in [0.25, 0.3) is 21.8 Å². The number of hydrogen-bond donors (Lipinski definition) is 0. The van der Waals surface area contributed by atoms with E-state index in [0.717, 1.165) is 25.8 Å². The first-order valence-corrected chi connectivity index (χ1v) is 8.18. The Morgan fingerprint density at radius 3 is 2.00 bits per heavy atom. The summed E-state index contributed by atoms with van der Waals surface area (Å²) in [5, 5.41) is 2.60. The number of fused-ring (bicyclic) bond motifs is 3. The van der Waals surface area contributed by atoms with Crippen LogP contribution in [0.4, 0.5) is 0 Å². The second kappa shape index (κ2) is 6.35. The summed E-state index contributed by atoms with van der Waals surface area (Å²) in [6.45, 7) is 4.78. The Morgan fingerprint density at radius 1 is 0.955 bits per heavy atom. The van der Waals surface area contributed by atoms with Crippen molar-refractivity contribution in [1.29, 1.82) is 0 Å². The minimum atomic E-state index is 0.185. The molecule has 22 heavy (non-hydrogen) atoms. The molecule has 0 N–H and O–H groups in total. The molecule has 0 saturated heterocycles. The van der Waals surface area contributed by atoms with E-state index in [1.165, 1.54) is 21.8 Å². The van der Waals surface area contributed by atoms with E-state index in [4.69, 9.17) is 0 Å². The zero-order chi connectivity index (χ0) is 15.5. The van der Waals surface area contributed by atoms with E-state index in [9.17, 15) is 4.79 Å². The Balaban J connectivity index is 2.00. The van der Waals surface area contributed by atoms with Gasteiger partial charge in [0.25, 0.3) is 0 Å². The Morgan fingerprint density at radius 2 is 1.50 bits per heavy atom. The van der Waals surface area contributed by atoms with Gasteiger partial charge < -0.3 is 4.57 Å². The maximum Gasteiger partial charge on any atom is 0.132 e. The van der Waals surface area contributed by atoms with Crippen LogP contribution in [0.5, 0.6) is 0 Å². The molecule has 0 bridgehead atoms. The Kier molecular flexibility index (Phi) is 4.28. The molecule has 2 aromatic carbocycles. The van der Waals surface area contributed by atoms with Crippen LogP contribution >= 0.6 is 0 Å². The van der Waals surface area contributed by atoms with E-state index in [2.05, 4.69) is 60.0 Å². The number of carbonyl (C=O) groups is 1. The van der Waals surface area contributed by atoms with Crippen molar-refractivity contribution in [2.24, 2.45) is 5.92 Å². The molecule has 114 valence electrons. The highest BCUT2D eigenvalue weighted by Crippen LogP contribution is 2.29. The maximum atomic E-state index is 11.8. The molecule has 1 unspecified atom stereocenters. The van der Waals surface area contributed by atoms with Gasteiger partial charge in [-0.15, -0.1) is 0 Å². The van der Waals surface area contributed by atoms with Gasteiger partial charge in [0, 0.05) is 34.3 Å². The van der Waals surface area contributed by atoms with E-state index in [0.29, 0.717) is 5.78 Å². The third kappa shape index (κ3) is 2.66. The summed E-state index contributed by atoms with van der Waals surface area (Å²) in [7, 11) is 0. The monoisotopic (exact) mass is 293 g/mol. The van der Waals surface area contributed by atoms with Crippen molar-refractivity contribution in [2.75, 3.05) is 0 Å². The molecule has 1 aromatic heterocycles. The Bertz CT molecular complexity index is 746. The van der Waals surface area contributed by atoms with Gasteiger partial charge in [0.1, 0.15) is 5.78 Å². The first-order chi connectivity index (χ1) is 10.7. The van der Waals surface area contributed by atoms with Crippen LogP contribution in [0.3, 0.4) is 0 Å². The summed E-state index contributed by atoms with van der Waals surface area (Å²) in [6, 6.07) is 17.1. The van der Waals surface area contributed by atoms with E-state index in [1.54, 1.807) is 6.92 Å². The molecule has 0 aliphatic heterocycles. The van der Waals surface area contributed by atoms with Crippen molar-refractivity contribution in [3.8, 4) is 0 Å². The normalized spacial score (nSPS) is 12.8. The number of para-hydroxylation sites is 2. The van der Waals surface area contributed by atoms with Crippen LogP contribution in [0, 0.1) is 5.92 Å². The van der Waals surface area contributed by atoms with Crippen LogP contribution in [-0.4, -0.2) is 10.4 Å². The average molecular weight is 293 g/mol. The van der Waals surface area contributed by atoms with Gasteiger partial charge in [-0.1, -0.05) is 49.7 Å².